The summed E-state index contributed by atoms with van der Waals surface area (Å²) in [6.45, 7) is 5.44. The molecule has 0 spiro atoms. The summed E-state index contributed by atoms with van der Waals surface area (Å²) in [7, 11) is 7.29. The second-order valence-corrected chi connectivity index (χ2v) is 6.96. The van der Waals surface area contributed by atoms with E-state index in [4.69, 9.17) is 22.7 Å². The molecule has 0 N–H and O–H groups in total. The summed E-state index contributed by atoms with van der Waals surface area (Å²) >= 11 is 6.64. The number of rotatable bonds is 6. The van der Waals surface area contributed by atoms with Crippen LogP contribution in [0.4, 0.5) is 0 Å². The zero-order valence-corrected chi connectivity index (χ0v) is 17.6. The van der Waals surface area contributed by atoms with Crippen LogP contribution in [0.15, 0.2) is 28.2 Å². The van der Waals surface area contributed by atoms with E-state index in [9.17, 15) is 5.26 Å². The molecule has 0 atom stereocenters. The van der Waals surface area contributed by atoms with Crippen molar-refractivity contribution in [2.24, 2.45) is 4.99 Å². The van der Waals surface area contributed by atoms with Crippen molar-refractivity contribution in [1.82, 2.24) is 14.7 Å². The third-order valence-electron chi connectivity index (χ3n) is 3.15. The molecule has 0 aromatic carbocycles. The Kier molecular flexibility index (Phi) is 10.8. The van der Waals surface area contributed by atoms with E-state index in [1.165, 1.54) is 11.8 Å². The normalized spacial score (nSPS) is 9.88. The highest BCUT2D eigenvalue weighted by Crippen LogP contribution is 2.22. The molecule has 138 valence electrons. The van der Waals surface area contributed by atoms with Gasteiger partial charge in [-0.25, -0.2) is 4.99 Å². The van der Waals surface area contributed by atoms with Gasteiger partial charge in [-0.2, -0.15) is 15.8 Å². The average Bonchev–Trinajstić information content (AvgIpc) is 2.59. The van der Waals surface area contributed by atoms with Crippen molar-refractivity contribution in [2.45, 2.75) is 13.8 Å². The van der Waals surface area contributed by atoms with Gasteiger partial charge in [0.15, 0.2) is 0 Å². The predicted molar refractivity (Wildman–Crippen MR) is 110 cm³/mol. The van der Waals surface area contributed by atoms with Crippen molar-refractivity contribution >= 4 is 33.3 Å². The highest BCUT2D eigenvalue weighted by Gasteiger charge is 2.20. The highest BCUT2D eigenvalue weighted by atomic mass is 32.2. The van der Waals surface area contributed by atoms with Gasteiger partial charge < -0.3 is 14.7 Å². The van der Waals surface area contributed by atoms with Gasteiger partial charge in [-0.3, -0.25) is 0 Å². The van der Waals surface area contributed by atoms with Gasteiger partial charge >= 0.3 is 0 Å². The molecule has 0 rings (SSSR count). The average molecular weight is 390 g/mol. The summed E-state index contributed by atoms with van der Waals surface area (Å²) in [5.74, 6) is 0.643. The Morgan fingerprint density at radius 3 is 1.85 bits per heavy atom. The molecule has 0 heterocycles. The molecule has 0 aromatic heterocycles. The standard InChI is InChI=1S/C17H23N7S2/c1-7-24(8-2)17(25)26-15(21-12-13(9-18)10-19)14(11-20)16(22(3)4)23(5)6/h12H,7-8H2,1-6H3. The molecule has 0 saturated heterocycles. The molecule has 0 aliphatic heterocycles. The fourth-order valence-electron chi connectivity index (χ4n) is 2.02. The van der Waals surface area contributed by atoms with E-state index in [-0.39, 0.29) is 5.57 Å². The van der Waals surface area contributed by atoms with Gasteiger partial charge in [0, 0.05) is 41.3 Å². The Labute approximate surface area is 165 Å². The van der Waals surface area contributed by atoms with Crippen molar-refractivity contribution in [3.05, 3.63) is 23.2 Å². The van der Waals surface area contributed by atoms with Gasteiger partial charge in [0.25, 0.3) is 0 Å². The van der Waals surface area contributed by atoms with Crippen LogP contribution in [0.25, 0.3) is 0 Å². The number of thiocarbonyl (C=S) groups is 1. The Balaban J connectivity index is 6.37. The first kappa shape index (κ1) is 23.5. The third-order valence-corrected chi connectivity index (χ3v) is 4.60. The van der Waals surface area contributed by atoms with Crippen molar-refractivity contribution < 1.29 is 0 Å². The molecule has 9 heteroatoms. The Bertz CT molecular complexity index is 698. The minimum atomic E-state index is -0.148. The maximum absolute atomic E-state index is 9.75. The Morgan fingerprint density at radius 2 is 1.50 bits per heavy atom. The van der Waals surface area contributed by atoms with E-state index in [0.717, 1.165) is 19.3 Å². The number of allylic oxidation sites excluding steroid dienone is 1. The molecule has 0 aliphatic rings. The monoisotopic (exact) mass is 389 g/mol. The SMILES string of the molecule is CCN(CC)C(=S)SC(=NC=C(C#N)C#N)C(C#N)=C(N(C)C)N(C)C. The van der Waals surface area contributed by atoms with E-state index in [0.29, 0.717) is 20.8 Å². The number of nitrogens with zero attached hydrogens (tertiary/aromatic N) is 7. The zero-order valence-electron chi connectivity index (χ0n) is 15.9. The van der Waals surface area contributed by atoms with Crippen molar-refractivity contribution in [1.29, 1.82) is 15.8 Å². The van der Waals surface area contributed by atoms with Crippen molar-refractivity contribution in [2.75, 3.05) is 41.3 Å². The van der Waals surface area contributed by atoms with E-state index in [2.05, 4.69) is 11.1 Å². The number of aliphatic imine (C=N–C) groups is 1. The lowest BCUT2D eigenvalue weighted by Crippen LogP contribution is -2.30. The molecule has 0 unspecified atom stereocenters. The highest BCUT2D eigenvalue weighted by molar-refractivity contribution is 8.33. The summed E-state index contributed by atoms with van der Waals surface area (Å²) in [5, 5.41) is 27.9. The summed E-state index contributed by atoms with van der Waals surface area (Å²) < 4.78 is 0.572. The Morgan fingerprint density at radius 1 is 1.00 bits per heavy atom. The molecule has 26 heavy (non-hydrogen) atoms. The first-order valence-corrected chi connectivity index (χ1v) is 9.03. The Hall–Kier alpha value is -2.54. The van der Waals surface area contributed by atoms with Gasteiger partial charge in [0.2, 0.25) is 0 Å². The number of hydrogen-bond acceptors (Lipinski definition) is 8. The van der Waals surface area contributed by atoms with E-state index >= 15 is 0 Å². The minimum Gasteiger partial charge on any atom is -0.363 e. The largest absolute Gasteiger partial charge is 0.363 e. The smallest absolute Gasteiger partial charge is 0.147 e. The first-order chi connectivity index (χ1) is 12.3. The number of thioether (sulfide) groups is 1. The molecule has 0 aromatic rings. The fourth-order valence-corrected chi connectivity index (χ4v) is 3.41. The molecule has 0 fully saturated rings. The second kappa shape index (κ2) is 11.9. The molecule has 0 saturated carbocycles. The lowest BCUT2D eigenvalue weighted by atomic mass is 10.3. The molecular formula is C17H23N7S2. The van der Waals surface area contributed by atoms with Gasteiger partial charge in [-0.15, -0.1) is 0 Å². The zero-order chi connectivity index (χ0) is 20.3. The molecule has 0 radical (unpaired) electrons. The van der Waals surface area contributed by atoms with Crippen LogP contribution in [-0.4, -0.2) is 65.3 Å². The lowest BCUT2D eigenvalue weighted by molar-refractivity contribution is 0.341. The van der Waals surface area contributed by atoms with Crippen LogP contribution in [0.2, 0.25) is 0 Å². The molecule has 0 bridgehead atoms. The fraction of sp³-hybridized carbons (Fsp3) is 0.471. The van der Waals surface area contributed by atoms with Gasteiger partial charge in [0.05, 0.1) is 6.20 Å². The topological polar surface area (TPSA) is 93.4 Å². The van der Waals surface area contributed by atoms with Crippen LogP contribution in [0, 0.1) is 34.0 Å². The van der Waals surface area contributed by atoms with Gasteiger partial charge in [0.1, 0.15) is 44.5 Å². The molecule has 0 aliphatic carbocycles. The maximum Gasteiger partial charge on any atom is 0.147 e. The maximum atomic E-state index is 9.75. The second-order valence-electron chi connectivity index (χ2n) is 5.34. The van der Waals surface area contributed by atoms with Crippen LogP contribution in [0.5, 0.6) is 0 Å². The molecule has 0 amide bonds. The van der Waals surface area contributed by atoms with Crippen LogP contribution < -0.4 is 0 Å². The third kappa shape index (κ3) is 6.76. The quantitative estimate of drug-likeness (QED) is 0.296. The van der Waals surface area contributed by atoms with E-state index in [1.807, 2.05) is 46.9 Å². The van der Waals surface area contributed by atoms with Crippen molar-refractivity contribution in [3.8, 4) is 18.2 Å². The lowest BCUT2D eigenvalue weighted by Gasteiger charge is -2.27. The van der Waals surface area contributed by atoms with Crippen molar-refractivity contribution in [3.63, 3.8) is 0 Å². The summed E-state index contributed by atoms with van der Waals surface area (Å²) in [6, 6.07) is 5.69. The van der Waals surface area contributed by atoms with E-state index < -0.39 is 0 Å². The van der Waals surface area contributed by atoms with Crippen LogP contribution >= 0.6 is 24.0 Å². The summed E-state index contributed by atoms with van der Waals surface area (Å²) in [6.07, 6.45) is 1.16. The predicted octanol–water partition coefficient (Wildman–Crippen LogP) is 2.53. The number of nitriles is 3. The van der Waals surface area contributed by atoms with Crippen LogP contribution in [0.1, 0.15) is 13.8 Å². The van der Waals surface area contributed by atoms with E-state index in [1.54, 1.807) is 21.9 Å². The molecular weight excluding hydrogens is 366 g/mol. The van der Waals surface area contributed by atoms with Gasteiger partial charge in [-0.1, -0.05) is 12.2 Å². The summed E-state index contributed by atoms with van der Waals surface area (Å²) in [4.78, 5) is 9.81. The minimum absolute atomic E-state index is 0.148. The number of hydrogen-bond donors (Lipinski definition) is 0. The first-order valence-electron chi connectivity index (χ1n) is 7.81. The van der Waals surface area contributed by atoms with Crippen LogP contribution in [0.3, 0.4) is 0 Å². The van der Waals surface area contributed by atoms with Gasteiger partial charge in [-0.05, 0) is 25.6 Å². The van der Waals surface area contributed by atoms with Crippen LogP contribution in [-0.2, 0) is 0 Å². The molecule has 7 nitrogen and oxygen atoms in total. The summed E-state index contributed by atoms with van der Waals surface area (Å²) in [5.41, 5.74) is 0.163.